The Morgan fingerprint density at radius 2 is 0.556 bits per heavy atom. The smallest absolute Gasteiger partial charge is 0.0540 e. The summed E-state index contributed by atoms with van der Waals surface area (Å²) in [6.45, 7) is 2.14. The van der Waals surface area contributed by atoms with Crippen LogP contribution in [0.3, 0.4) is 0 Å². The quantitative estimate of drug-likeness (QED) is 0.128. The Hall–Kier alpha value is -8.20. The van der Waals surface area contributed by atoms with Crippen molar-refractivity contribution in [1.82, 2.24) is 0 Å². The van der Waals surface area contributed by atoms with E-state index >= 15 is 0 Å². The van der Waals surface area contributed by atoms with Gasteiger partial charge in [-0.05, 0) is 118 Å². The van der Waals surface area contributed by atoms with Gasteiger partial charge in [0.1, 0.15) is 0 Å². The second-order valence-corrected chi connectivity index (χ2v) is 15.9. The number of nitrogens with zero attached hydrogens (tertiary/aromatic N) is 2. The van der Waals surface area contributed by atoms with Crippen LogP contribution in [0.25, 0.3) is 55.6 Å². The first-order valence-electron chi connectivity index (χ1n) is 21.6. The highest BCUT2D eigenvalue weighted by atomic mass is 15.1. The molecule has 2 nitrogen and oxygen atoms in total. The van der Waals surface area contributed by atoms with Gasteiger partial charge in [0.2, 0.25) is 0 Å². The zero-order chi connectivity index (χ0) is 42.4. The first kappa shape index (κ1) is 39.0. The molecule has 0 radical (unpaired) electrons. The maximum atomic E-state index is 2.38. The normalized spacial score (nSPS) is 10.9. The summed E-state index contributed by atoms with van der Waals surface area (Å²) < 4.78 is 0. The highest BCUT2D eigenvalue weighted by Crippen LogP contribution is 2.44. The molecule has 0 aliphatic carbocycles. The Morgan fingerprint density at radius 1 is 0.222 bits per heavy atom. The fraction of sp³-hybridized carbons (Fsp3) is 0.0164. The molecule has 2 heteroatoms. The standard InChI is InChI=1S/C61H46N2/c1-45-31-39-55(40-32-45)62(56-41-37-48(38-42-56)46-17-5-2-6-18-46)60-29-13-11-27-58(60)49-33-35-50(36-34-49)59-28-12-14-30-61(59)63(54-24-9-4-10-25-54)57-26-16-23-53(44-57)52-22-15-21-51(43-52)47-19-7-3-8-20-47/h2-44H,1H3. The lowest BCUT2D eigenvalue weighted by molar-refractivity contribution is 1.27. The molecule has 0 heterocycles. The minimum absolute atomic E-state index is 1.09. The van der Waals surface area contributed by atoms with Gasteiger partial charge in [0.25, 0.3) is 0 Å². The third kappa shape index (κ3) is 8.31. The van der Waals surface area contributed by atoms with Crippen LogP contribution in [0, 0.1) is 6.92 Å². The molecule has 10 rings (SSSR count). The highest BCUT2D eigenvalue weighted by molar-refractivity contribution is 5.92. The first-order chi connectivity index (χ1) is 31.2. The van der Waals surface area contributed by atoms with Crippen LogP contribution in [0.15, 0.2) is 261 Å². The predicted molar refractivity (Wildman–Crippen MR) is 268 cm³/mol. The van der Waals surface area contributed by atoms with Gasteiger partial charge in [0.15, 0.2) is 0 Å². The van der Waals surface area contributed by atoms with Gasteiger partial charge in [-0.15, -0.1) is 0 Å². The van der Waals surface area contributed by atoms with Crippen LogP contribution in [0.5, 0.6) is 0 Å². The lowest BCUT2D eigenvalue weighted by Crippen LogP contribution is -2.11. The van der Waals surface area contributed by atoms with Crippen LogP contribution in [0.4, 0.5) is 34.1 Å². The van der Waals surface area contributed by atoms with Crippen molar-refractivity contribution in [2.24, 2.45) is 0 Å². The number of para-hydroxylation sites is 3. The lowest BCUT2D eigenvalue weighted by Gasteiger charge is -2.29. The average Bonchev–Trinajstić information content (AvgIpc) is 3.36. The Labute approximate surface area is 371 Å². The molecule has 0 aromatic heterocycles. The molecule has 0 saturated heterocycles. The molecule has 0 spiro atoms. The fourth-order valence-electron chi connectivity index (χ4n) is 8.55. The summed E-state index contributed by atoms with van der Waals surface area (Å²) >= 11 is 0. The van der Waals surface area contributed by atoms with Crippen LogP contribution in [-0.4, -0.2) is 0 Å². The van der Waals surface area contributed by atoms with Crippen LogP contribution in [0.2, 0.25) is 0 Å². The number of aryl methyl sites for hydroxylation is 1. The minimum atomic E-state index is 1.09. The minimum Gasteiger partial charge on any atom is -0.310 e. The van der Waals surface area contributed by atoms with E-state index in [0.29, 0.717) is 0 Å². The van der Waals surface area contributed by atoms with Crippen molar-refractivity contribution in [3.8, 4) is 55.6 Å². The summed E-state index contributed by atoms with van der Waals surface area (Å²) in [5.74, 6) is 0. The average molecular weight is 807 g/mol. The van der Waals surface area contributed by atoms with Crippen molar-refractivity contribution in [3.63, 3.8) is 0 Å². The summed E-state index contributed by atoms with van der Waals surface area (Å²) in [6, 6.07) is 93.8. The fourth-order valence-corrected chi connectivity index (χ4v) is 8.55. The van der Waals surface area contributed by atoms with Crippen LogP contribution >= 0.6 is 0 Å². The van der Waals surface area contributed by atoms with E-state index in [2.05, 4.69) is 278 Å². The number of rotatable bonds is 11. The van der Waals surface area contributed by atoms with E-state index < -0.39 is 0 Å². The molecule has 300 valence electrons. The summed E-state index contributed by atoms with van der Waals surface area (Å²) in [7, 11) is 0. The summed E-state index contributed by atoms with van der Waals surface area (Å²) in [4.78, 5) is 4.75. The second kappa shape index (κ2) is 17.8. The molecule has 0 unspecified atom stereocenters. The molecule has 0 N–H and O–H groups in total. The van der Waals surface area contributed by atoms with Crippen molar-refractivity contribution in [2.45, 2.75) is 6.92 Å². The first-order valence-corrected chi connectivity index (χ1v) is 21.6. The zero-order valence-corrected chi connectivity index (χ0v) is 35.2. The van der Waals surface area contributed by atoms with Crippen molar-refractivity contribution in [1.29, 1.82) is 0 Å². The number of hydrogen-bond acceptors (Lipinski definition) is 2. The molecule has 0 bridgehead atoms. The molecule has 0 atom stereocenters. The van der Waals surface area contributed by atoms with E-state index in [0.717, 1.165) is 56.4 Å². The van der Waals surface area contributed by atoms with Crippen LogP contribution in [-0.2, 0) is 0 Å². The number of anilines is 6. The third-order valence-corrected chi connectivity index (χ3v) is 11.7. The topological polar surface area (TPSA) is 6.48 Å². The SMILES string of the molecule is Cc1ccc(N(c2ccc(-c3ccccc3)cc2)c2ccccc2-c2ccc(-c3ccccc3N(c3ccccc3)c3cccc(-c4cccc(-c5ccccc5)c4)c3)cc2)cc1. The van der Waals surface area contributed by atoms with E-state index in [9.17, 15) is 0 Å². The van der Waals surface area contributed by atoms with Crippen molar-refractivity contribution in [3.05, 3.63) is 266 Å². The number of benzene rings is 10. The van der Waals surface area contributed by atoms with E-state index in [1.807, 2.05) is 0 Å². The van der Waals surface area contributed by atoms with E-state index in [4.69, 9.17) is 0 Å². The van der Waals surface area contributed by atoms with Gasteiger partial charge in [-0.1, -0.05) is 200 Å². The van der Waals surface area contributed by atoms with Gasteiger partial charge in [-0.2, -0.15) is 0 Å². The molecule has 63 heavy (non-hydrogen) atoms. The van der Waals surface area contributed by atoms with Crippen LogP contribution < -0.4 is 9.80 Å². The maximum absolute atomic E-state index is 2.38. The van der Waals surface area contributed by atoms with Crippen molar-refractivity contribution in [2.75, 3.05) is 9.80 Å². The molecule has 10 aromatic rings. The summed E-state index contributed by atoms with van der Waals surface area (Å²) in [5.41, 5.74) is 19.6. The van der Waals surface area contributed by atoms with Gasteiger partial charge in [-0.25, -0.2) is 0 Å². The molecule has 0 aliphatic rings. The van der Waals surface area contributed by atoms with E-state index in [1.54, 1.807) is 0 Å². The molecule has 0 aliphatic heterocycles. The Balaban J connectivity index is 1.02. The molecular weight excluding hydrogens is 761 g/mol. The van der Waals surface area contributed by atoms with Crippen molar-refractivity contribution < 1.29 is 0 Å². The number of hydrogen-bond donors (Lipinski definition) is 0. The van der Waals surface area contributed by atoms with Crippen LogP contribution in [0.1, 0.15) is 5.56 Å². The molecule has 0 saturated carbocycles. The Kier molecular flexibility index (Phi) is 11.0. The second-order valence-electron chi connectivity index (χ2n) is 15.9. The van der Waals surface area contributed by atoms with Crippen molar-refractivity contribution >= 4 is 34.1 Å². The molecule has 10 aromatic carbocycles. The van der Waals surface area contributed by atoms with Gasteiger partial charge in [0, 0.05) is 33.9 Å². The molecule has 0 fully saturated rings. The summed E-state index contributed by atoms with van der Waals surface area (Å²) in [6.07, 6.45) is 0. The monoisotopic (exact) mass is 806 g/mol. The summed E-state index contributed by atoms with van der Waals surface area (Å²) in [5, 5.41) is 0. The highest BCUT2D eigenvalue weighted by Gasteiger charge is 2.20. The lowest BCUT2D eigenvalue weighted by atomic mass is 9.96. The Bertz CT molecular complexity index is 3080. The Morgan fingerprint density at radius 3 is 1.11 bits per heavy atom. The third-order valence-electron chi connectivity index (χ3n) is 11.7. The molecular formula is C61H46N2. The largest absolute Gasteiger partial charge is 0.310 e. The van der Waals surface area contributed by atoms with Gasteiger partial charge < -0.3 is 9.80 Å². The van der Waals surface area contributed by atoms with E-state index in [1.165, 1.54) is 38.9 Å². The predicted octanol–water partition coefficient (Wildman–Crippen LogP) is 17.3. The van der Waals surface area contributed by atoms with Gasteiger partial charge in [0.05, 0.1) is 11.4 Å². The maximum Gasteiger partial charge on any atom is 0.0540 e. The van der Waals surface area contributed by atoms with E-state index in [-0.39, 0.29) is 0 Å². The molecule has 0 amide bonds. The zero-order valence-electron chi connectivity index (χ0n) is 35.2. The van der Waals surface area contributed by atoms with Gasteiger partial charge in [-0.3, -0.25) is 0 Å². The van der Waals surface area contributed by atoms with Gasteiger partial charge >= 0.3 is 0 Å².